The Morgan fingerprint density at radius 3 is 1.77 bits per heavy atom. The van der Waals surface area contributed by atoms with E-state index in [0.717, 1.165) is 22.4 Å². The van der Waals surface area contributed by atoms with Crippen molar-refractivity contribution in [3.63, 3.8) is 0 Å². The number of ketones is 1. The SMILES string of the molecule is CC(=O)c1ccc(N=Cc2cc(C(C)(C)C)c(O)c(C(C)(C)C)c2)cc1. The molecule has 0 aliphatic carbocycles. The van der Waals surface area contributed by atoms with Gasteiger partial charge < -0.3 is 5.11 Å². The predicted octanol–water partition coefficient (Wildman–Crippen LogP) is 5.94. The molecule has 2 aromatic rings. The van der Waals surface area contributed by atoms with Gasteiger partial charge in [0.15, 0.2) is 5.78 Å². The highest BCUT2D eigenvalue weighted by Gasteiger charge is 2.26. The summed E-state index contributed by atoms with van der Waals surface area (Å²) in [6.07, 6.45) is 1.81. The van der Waals surface area contributed by atoms with Gasteiger partial charge in [-0.25, -0.2) is 0 Å². The highest BCUT2D eigenvalue weighted by atomic mass is 16.3. The molecule has 2 aromatic carbocycles. The largest absolute Gasteiger partial charge is 0.507 e. The van der Waals surface area contributed by atoms with E-state index in [1.807, 2.05) is 30.5 Å². The fourth-order valence-electron chi connectivity index (χ4n) is 2.81. The summed E-state index contributed by atoms with van der Waals surface area (Å²) in [6.45, 7) is 14.1. The molecule has 138 valence electrons. The van der Waals surface area contributed by atoms with Gasteiger partial charge in [-0.05, 0) is 59.7 Å². The van der Waals surface area contributed by atoms with Crippen molar-refractivity contribution in [2.24, 2.45) is 4.99 Å². The fourth-order valence-corrected chi connectivity index (χ4v) is 2.81. The van der Waals surface area contributed by atoms with E-state index in [2.05, 4.69) is 46.5 Å². The molecule has 0 bridgehead atoms. The van der Waals surface area contributed by atoms with E-state index in [4.69, 9.17) is 0 Å². The second-order valence-corrected chi connectivity index (χ2v) is 8.83. The normalized spacial score (nSPS) is 12.6. The van der Waals surface area contributed by atoms with Crippen LogP contribution in [0.15, 0.2) is 41.4 Å². The molecule has 0 heterocycles. The van der Waals surface area contributed by atoms with E-state index >= 15 is 0 Å². The van der Waals surface area contributed by atoms with Crippen LogP contribution >= 0.6 is 0 Å². The molecule has 0 saturated carbocycles. The summed E-state index contributed by atoms with van der Waals surface area (Å²) in [5, 5.41) is 10.8. The Morgan fingerprint density at radius 2 is 1.38 bits per heavy atom. The van der Waals surface area contributed by atoms with Crippen molar-refractivity contribution in [2.75, 3.05) is 0 Å². The highest BCUT2D eigenvalue weighted by molar-refractivity contribution is 5.94. The molecular weight excluding hydrogens is 322 g/mol. The molecule has 26 heavy (non-hydrogen) atoms. The maximum absolute atomic E-state index is 11.4. The number of phenolic OH excluding ortho intramolecular Hbond substituents is 1. The van der Waals surface area contributed by atoms with Gasteiger partial charge in [0.05, 0.1) is 5.69 Å². The average molecular weight is 351 g/mol. The number of aliphatic imine (C=N–C) groups is 1. The number of carbonyl (C=O) groups is 1. The third kappa shape index (κ3) is 4.60. The third-order valence-electron chi connectivity index (χ3n) is 4.38. The lowest BCUT2D eigenvalue weighted by Crippen LogP contribution is -2.17. The second-order valence-electron chi connectivity index (χ2n) is 8.83. The van der Waals surface area contributed by atoms with Crippen LogP contribution in [0.5, 0.6) is 5.75 Å². The number of aromatic hydroxyl groups is 1. The molecule has 0 amide bonds. The summed E-state index contributed by atoms with van der Waals surface area (Å²) in [5.74, 6) is 0.414. The molecule has 0 radical (unpaired) electrons. The first kappa shape index (κ1) is 19.9. The van der Waals surface area contributed by atoms with Crippen molar-refractivity contribution in [2.45, 2.75) is 59.3 Å². The molecule has 3 nitrogen and oxygen atoms in total. The Hall–Kier alpha value is -2.42. The van der Waals surface area contributed by atoms with Gasteiger partial charge in [-0.3, -0.25) is 9.79 Å². The number of carbonyl (C=O) groups excluding carboxylic acids is 1. The molecule has 2 rings (SSSR count). The van der Waals surface area contributed by atoms with Crippen LogP contribution in [-0.4, -0.2) is 17.1 Å². The number of hydrogen-bond acceptors (Lipinski definition) is 3. The first-order chi connectivity index (χ1) is 11.9. The van der Waals surface area contributed by atoms with Crippen LogP contribution in [0.3, 0.4) is 0 Å². The van der Waals surface area contributed by atoms with Gasteiger partial charge in [0, 0.05) is 22.9 Å². The molecule has 0 aliphatic heterocycles. The zero-order chi connectivity index (χ0) is 19.7. The number of Topliss-reactive ketones (excluding diaryl/α,β-unsaturated/α-hetero) is 1. The Balaban J connectivity index is 2.47. The van der Waals surface area contributed by atoms with E-state index in [-0.39, 0.29) is 16.6 Å². The Morgan fingerprint density at radius 1 is 0.923 bits per heavy atom. The smallest absolute Gasteiger partial charge is 0.159 e. The molecular formula is C23H29NO2. The van der Waals surface area contributed by atoms with Crippen molar-refractivity contribution < 1.29 is 9.90 Å². The zero-order valence-corrected chi connectivity index (χ0v) is 16.8. The number of phenols is 1. The van der Waals surface area contributed by atoms with Gasteiger partial charge in [-0.15, -0.1) is 0 Å². The lowest BCUT2D eigenvalue weighted by atomic mass is 9.78. The first-order valence-electron chi connectivity index (χ1n) is 8.92. The van der Waals surface area contributed by atoms with Crippen molar-refractivity contribution in [1.29, 1.82) is 0 Å². The molecule has 1 N–H and O–H groups in total. The van der Waals surface area contributed by atoms with Crippen molar-refractivity contribution in [3.8, 4) is 5.75 Å². The monoisotopic (exact) mass is 351 g/mol. The molecule has 0 atom stereocenters. The van der Waals surface area contributed by atoms with Crippen molar-refractivity contribution in [3.05, 3.63) is 58.7 Å². The highest BCUT2D eigenvalue weighted by Crippen LogP contribution is 2.39. The van der Waals surface area contributed by atoms with Crippen LogP contribution in [0.25, 0.3) is 0 Å². The van der Waals surface area contributed by atoms with E-state index < -0.39 is 0 Å². The van der Waals surface area contributed by atoms with E-state index in [9.17, 15) is 9.90 Å². The van der Waals surface area contributed by atoms with Crippen LogP contribution in [-0.2, 0) is 10.8 Å². The second kappa shape index (κ2) is 7.06. The van der Waals surface area contributed by atoms with E-state index in [0.29, 0.717) is 11.3 Å². The van der Waals surface area contributed by atoms with Gasteiger partial charge in [0.1, 0.15) is 5.75 Å². The summed E-state index contributed by atoms with van der Waals surface area (Å²) in [7, 11) is 0. The zero-order valence-electron chi connectivity index (χ0n) is 16.8. The van der Waals surface area contributed by atoms with Gasteiger partial charge in [0.2, 0.25) is 0 Å². The topological polar surface area (TPSA) is 49.7 Å². The standard InChI is InChI=1S/C23H29NO2/c1-15(25)17-8-10-18(11-9-17)24-14-16-12-19(22(2,3)4)21(26)20(13-16)23(5,6)7/h8-14,26H,1-7H3. The lowest BCUT2D eigenvalue weighted by molar-refractivity contribution is 0.101. The molecule has 3 heteroatoms. The molecule has 0 spiro atoms. The minimum Gasteiger partial charge on any atom is -0.507 e. The van der Waals surface area contributed by atoms with E-state index in [1.54, 1.807) is 19.1 Å². The minimum absolute atomic E-state index is 0.0451. The number of hydrogen-bond donors (Lipinski definition) is 1. The Bertz CT molecular complexity index is 797. The van der Waals surface area contributed by atoms with Crippen LogP contribution < -0.4 is 0 Å². The summed E-state index contributed by atoms with van der Waals surface area (Å²) in [4.78, 5) is 15.9. The van der Waals surface area contributed by atoms with Gasteiger partial charge in [-0.2, -0.15) is 0 Å². The molecule has 0 aromatic heterocycles. The molecule has 0 fully saturated rings. The van der Waals surface area contributed by atoms with Gasteiger partial charge in [-0.1, -0.05) is 41.5 Å². The number of nitrogens with zero attached hydrogens (tertiary/aromatic N) is 1. The maximum atomic E-state index is 11.4. The maximum Gasteiger partial charge on any atom is 0.159 e. The fraction of sp³-hybridized carbons (Fsp3) is 0.391. The van der Waals surface area contributed by atoms with E-state index in [1.165, 1.54) is 0 Å². The van der Waals surface area contributed by atoms with Crippen LogP contribution in [0.4, 0.5) is 5.69 Å². The summed E-state index contributed by atoms with van der Waals surface area (Å²) >= 11 is 0. The summed E-state index contributed by atoms with van der Waals surface area (Å²) < 4.78 is 0. The Labute approximate surface area is 156 Å². The molecule has 0 saturated heterocycles. The quantitative estimate of drug-likeness (QED) is 0.549. The summed E-state index contributed by atoms with van der Waals surface area (Å²) in [5.41, 5.74) is 3.91. The Kier molecular flexibility index (Phi) is 5.41. The van der Waals surface area contributed by atoms with Crippen molar-refractivity contribution >= 4 is 17.7 Å². The average Bonchev–Trinajstić information content (AvgIpc) is 2.52. The lowest BCUT2D eigenvalue weighted by Gasteiger charge is -2.27. The van der Waals surface area contributed by atoms with Crippen LogP contribution in [0, 0.1) is 0 Å². The molecule has 0 unspecified atom stereocenters. The van der Waals surface area contributed by atoms with Crippen molar-refractivity contribution in [1.82, 2.24) is 0 Å². The number of benzene rings is 2. The van der Waals surface area contributed by atoms with Gasteiger partial charge >= 0.3 is 0 Å². The minimum atomic E-state index is -0.170. The first-order valence-corrected chi connectivity index (χ1v) is 8.92. The van der Waals surface area contributed by atoms with Gasteiger partial charge in [0.25, 0.3) is 0 Å². The predicted molar refractivity (Wildman–Crippen MR) is 109 cm³/mol. The molecule has 0 aliphatic rings. The van der Waals surface area contributed by atoms with Crippen LogP contribution in [0.2, 0.25) is 0 Å². The van der Waals surface area contributed by atoms with Crippen LogP contribution in [0.1, 0.15) is 75.5 Å². The third-order valence-corrected chi connectivity index (χ3v) is 4.38. The number of rotatable bonds is 3. The summed E-state index contributed by atoms with van der Waals surface area (Å²) in [6, 6.07) is 11.2.